The van der Waals surface area contributed by atoms with E-state index in [9.17, 15) is 9.90 Å². The predicted molar refractivity (Wildman–Crippen MR) is 86.4 cm³/mol. The Hall–Kier alpha value is -3.27. The Labute approximate surface area is 133 Å². The van der Waals surface area contributed by atoms with Crippen LogP contribution < -0.4 is 9.47 Å². The third kappa shape index (κ3) is 3.49. The van der Waals surface area contributed by atoms with E-state index in [1.165, 1.54) is 0 Å². The quantitative estimate of drug-likeness (QED) is 0.723. The average molecular weight is 306 g/mol. The number of hydrogen-bond acceptors (Lipinski definition) is 3. The maximum Gasteiger partial charge on any atom is 0.343 e. The molecule has 1 N–H and O–H groups in total. The van der Waals surface area contributed by atoms with E-state index in [0.29, 0.717) is 11.5 Å². The molecular formula is C19H14O4. The van der Waals surface area contributed by atoms with E-state index >= 15 is 0 Å². The normalized spacial score (nSPS) is 10.1. The van der Waals surface area contributed by atoms with Crippen molar-refractivity contribution >= 4 is 5.97 Å². The van der Waals surface area contributed by atoms with E-state index in [1.54, 1.807) is 42.5 Å². The molecule has 0 bridgehead atoms. The lowest BCUT2D eigenvalue weighted by atomic mass is 10.1. The Kier molecular flexibility index (Phi) is 4.25. The molecule has 0 aliphatic rings. The van der Waals surface area contributed by atoms with Gasteiger partial charge in [0.1, 0.15) is 28.6 Å². The molecule has 0 unspecified atom stereocenters. The highest BCUT2D eigenvalue weighted by atomic mass is 16.5. The zero-order valence-electron chi connectivity index (χ0n) is 12.2. The van der Waals surface area contributed by atoms with Crippen LogP contribution in [0.15, 0.2) is 78.9 Å². The lowest BCUT2D eigenvalue weighted by molar-refractivity contribution is 0.0691. The zero-order valence-corrected chi connectivity index (χ0v) is 12.2. The van der Waals surface area contributed by atoms with Crippen molar-refractivity contribution in [3.05, 3.63) is 84.4 Å². The highest BCUT2D eigenvalue weighted by Gasteiger charge is 2.19. The molecule has 3 rings (SSSR count). The third-order valence-corrected chi connectivity index (χ3v) is 3.14. The minimum atomic E-state index is -1.11. The maximum atomic E-state index is 11.7. The second-order valence-electron chi connectivity index (χ2n) is 4.76. The van der Waals surface area contributed by atoms with Gasteiger partial charge in [0.25, 0.3) is 0 Å². The van der Waals surface area contributed by atoms with Crippen LogP contribution >= 0.6 is 0 Å². The molecule has 114 valence electrons. The second kappa shape index (κ2) is 6.66. The van der Waals surface area contributed by atoms with E-state index in [4.69, 9.17) is 9.47 Å². The molecule has 0 aliphatic carbocycles. The summed E-state index contributed by atoms with van der Waals surface area (Å²) in [6.45, 7) is 0. The topological polar surface area (TPSA) is 55.8 Å². The Morgan fingerprint density at radius 3 is 1.48 bits per heavy atom. The van der Waals surface area contributed by atoms with Crippen LogP contribution in [0.4, 0.5) is 0 Å². The number of hydrogen-bond donors (Lipinski definition) is 1. The second-order valence-corrected chi connectivity index (χ2v) is 4.76. The van der Waals surface area contributed by atoms with Gasteiger partial charge < -0.3 is 14.6 Å². The van der Waals surface area contributed by atoms with E-state index in [2.05, 4.69) is 0 Å². The first kappa shape index (κ1) is 14.7. The first-order valence-corrected chi connectivity index (χ1v) is 7.06. The smallest absolute Gasteiger partial charge is 0.343 e. The number of benzene rings is 3. The molecule has 3 aromatic rings. The van der Waals surface area contributed by atoms with Crippen molar-refractivity contribution in [3.8, 4) is 23.0 Å². The van der Waals surface area contributed by atoms with Crippen LogP contribution in [0.3, 0.4) is 0 Å². The van der Waals surface area contributed by atoms with Gasteiger partial charge in [-0.25, -0.2) is 4.79 Å². The Morgan fingerprint density at radius 2 is 1.09 bits per heavy atom. The molecule has 0 saturated carbocycles. The number of ether oxygens (including phenoxy) is 2. The molecule has 3 aromatic carbocycles. The summed E-state index contributed by atoms with van der Waals surface area (Å²) in [5.74, 6) is 0.482. The van der Waals surface area contributed by atoms with Crippen molar-refractivity contribution < 1.29 is 19.4 Å². The van der Waals surface area contributed by atoms with Crippen LogP contribution in [0.5, 0.6) is 23.0 Å². The molecule has 0 heterocycles. The first-order valence-electron chi connectivity index (χ1n) is 7.06. The fourth-order valence-corrected chi connectivity index (χ4v) is 2.12. The van der Waals surface area contributed by atoms with E-state index in [-0.39, 0.29) is 17.1 Å². The fraction of sp³-hybridized carbons (Fsp3) is 0. The molecule has 0 saturated heterocycles. The van der Waals surface area contributed by atoms with Gasteiger partial charge in [-0.15, -0.1) is 0 Å². The van der Waals surface area contributed by atoms with Crippen molar-refractivity contribution in [3.63, 3.8) is 0 Å². The van der Waals surface area contributed by atoms with Crippen LogP contribution in [0.1, 0.15) is 10.4 Å². The summed E-state index contributed by atoms with van der Waals surface area (Å²) in [6, 6.07) is 22.9. The zero-order chi connectivity index (χ0) is 16.1. The summed E-state index contributed by atoms with van der Waals surface area (Å²) in [5.41, 5.74) is -0.0137. The molecule has 0 amide bonds. The molecule has 0 atom stereocenters. The highest BCUT2D eigenvalue weighted by Crippen LogP contribution is 2.34. The predicted octanol–water partition coefficient (Wildman–Crippen LogP) is 4.97. The highest BCUT2D eigenvalue weighted by molar-refractivity contribution is 5.94. The van der Waals surface area contributed by atoms with Gasteiger partial charge in [0.15, 0.2) is 0 Å². The molecule has 23 heavy (non-hydrogen) atoms. The summed E-state index contributed by atoms with van der Waals surface area (Å²) in [6.07, 6.45) is 0. The molecular weight excluding hydrogens is 292 g/mol. The van der Waals surface area contributed by atoms with Crippen LogP contribution in [0, 0.1) is 0 Å². The SMILES string of the molecule is O=C(O)c1c(Oc2ccccc2)cccc1Oc1ccccc1. The van der Waals surface area contributed by atoms with Gasteiger partial charge in [0.05, 0.1) is 0 Å². The lowest BCUT2D eigenvalue weighted by Gasteiger charge is -2.13. The lowest BCUT2D eigenvalue weighted by Crippen LogP contribution is -2.03. The van der Waals surface area contributed by atoms with Crippen molar-refractivity contribution in [2.75, 3.05) is 0 Å². The van der Waals surface area contributed by atoms with Crippen molar-refractivity contribution in [1.82, 2.24) is 0 Å². The van der Waals surface area contributed by atoms with E-state index < -0.39 is 5.97 Å². The number of carbonyl (C=O) groups is 1. The van der Waals surface area contributed by atoms with Gasteiger partial charge in [-0.2, -0.15) is 0 Å². The summed E-state index contributed by atoms with van der Waals surface area (Å²) in [4.78, 5) is 11.7. The van der Waals surface area contributed by atoms with Gasteiger partial charge in [-0.1, -0.05) is 42.5 Å². The number of aromatic carboxylic acids is 1. The minimum Gasteiger partial charge on any atom is -0.477 e. The molecule has 0 spiro atoms. The number of rotatable bonds is 5. The fourth-order valence-electron chi connectivity index (χ4n) is 2.12. The van der Waals surface area contributed by atoms with Crippen molar-refractivity contribution in [2.45, 2.75) is 0 Å². The van der Waals surface area contributed by atoms with Gasteiger partial charge >= 0.3 is 5.97 Å². The van der Waals surface area contributed by atoms with Crippen LogP contribution in [-0.4, -0.2) is 11.1 Å². The van der Waals surface area contributed by atoms with Crippen LogP contribution in [-0.2, 0) is 0 Å². The van der Waals surface area contributed by atoms with Crippen LogP contribution in [0.25, 0.3) is 0 Å². The average Bonchev–Trinajstić information content (AvgIpc) is 2.56. The molecule has 0 radical (unpaired) electrons. The molecule has 4 nitrogen and oxygen atoms in total. The first-order chi connectivity index (χ1) is 11.2. The third-order valence-electron chi connectivity index (χ3n) is 3.14. The molecule has 0 aliphatic heterocycles. The molecule has 0 fully saturated rings. The van der Waals surface area contributed by atoms with Crippen LogP contribution in [0.2, 0.25) is 0 Å². The molecule has 0 aromatic heterocycles. The summed E-state index contributed by atoms with van der Waals surface area (Å²) < 4.78 is 11.4. The van der Waals surface area contributed by atoms with Crippen molar-refractivity contribution in [2.24, 2.45) is 0 Å². The molecule has 4 heteroatoms. The van der Waals surface area contributed by atoms with Gasteiger partial charge in [0.2, 0.25) is 0 Å². The summed E-state index contributed by atoms with van der Waals surface area (Å²) in [5, 5.41) is 9.54. The Morgan fingerprint density at radius 1 is 0.652 bits per heavy atom. The number of carboxylic acids is 1. The minimum absolute atomic E-state index is 0.0137. The Bertz CT molecular complexity index is 738. The van der Waals surface area contributed by atoms with E-state index in [0.717, 1.165) is 0 Å². The Balaban J connectivity index is 1.97. The summed E-state index contributed by atoms with van der Waals surface area (Å²) in [7, 11) is 0. The number of carboxylic acid groups (broad SMARTS) is 1. The van der Waals surface area contributed by atoms with Gasteiger partial charge in [-0.05, 0) is 36.4 Å². The number of para-hydroxylation sites is 2. The summed E-state index contributed by atoms with van der Waals surface area (Å²) >= 11 is 0. The largest absolute Gasteiger partial charge is 0.477 e. The van der Waals surface area contributed by atoms with Crippen molar-refractivity contribution in [1.29, 1.82) is 0 Å². The maximum absolute atomic E-state index is 11.7. The van der Waals surface area contributed by atoms with Gasteiger partial charge in [0, 0.05) is 0 Å². The standard InChI is InChI=1S/C19H14O4/c20-19(21)18-16(22-14-8-3-1-4-9-14)12-7-13-17(18)23-15-10-5-2-6-11-15/h1-13H,(H,20,21). The van der Waals surface area contributed by atoms with Gasteiger partial charge in [-0.3, -0.25) is 0 Å². The van der Waals surface area contributed by atoms with E-state index in [1.807, 2.05) is 36.4 Å². The monoisotopic (exact) mass is 306 g/mol.